The van der Waals surface area contributed by atoms with Gasteiger partial charge in [0.05, 0.1) is 4.83 Å². The van der Waals surface area contributed by atoms with E-state index in [9.17, 15) is 4.79 Å². The van der Waals surface area contributed by atoms with Gasteiger partial charge in [-0.3, -0.25) is 15.9 Å². The van der Waals surface area contributed by atoms with Crippen LogP contribution in [0.4, 0.5) is 0 Å². The fraction of sp³-hybridized carbons (Fsp3) is 0.667. The van der Waals surface area contributed by atoms with Crippen LogP contribution in [0.1, 0.15) is 44.9 Å². The number of nitrogens with one attached hydrogen (secondary N) is 1. The van der Waals surface area contributed by atoms with Gasteiger partial charge in [-0.25, -0.2) is 0 Å². The number of amidine groups is 1. The molecule has 6 nitrogen and oxygen atoms in total. The molecule has 8 heteroatoms. The number of alkyl halides is 1. The van der Waals surface area contributed by atoms with Gasteiger partial charge in [-0.2, -0.15) is 0 Å². The van der Waals surface area contributed by atoms with Crippen LogP contribution in [0, 0.1) is 0 Å². The molecule has 2 atom stereocenters. The number of allylic oxidation sites excluding steroid dienone is 2. The summed E-state index contributed by atoms with van der Waals surface area (Å²) in [5.41, 5.74) is 12.0. The average Bonchev–Trinajstić information content (AvgIpc) is 2.58. The van der Waals surface area contributed by atoms with Crippen LogP contribution in [-0.2, 0) is 9.53 Å². The Kier molecular flexibility index (Phi) is 12.1. The predicted octanol–water partition coefficient (Wildman–Crippen LogP) is 1.28. The molecule has 0 aromatic rings. The summed E-state index contributed by atoms with van der Waals surface area (Å²) < 4.78 is 6.83. The average molecular weight is 495 g/mol. The summed E-state index contributed by atoms with van der Waals surface area (Å²) in [6.45, 7) is 1.95. The lowest BCUT2D eigenvalue weighted by Crippen LogP contribution is -2.45. The van der Waals surface area contributed by atoms with Gasteiger partial charge in [0.25, 0.3) is 0 Å². The lowest BCUT2D eigenvalue weighted by Gasteiger charge is -2.25. The Bertz CT molecular complexity index is 523. The first-order valence-corrected chi connectivity index (χ1v) is 10.8. The number of hydrogen-bond donors (Lipinski definition) is 4. The van der Waals surface area contributed by atoms with E-state index >= 15 is 0 Å². The van der Waals surface area contributed by atoms with Crippen molar-refractivity contribution in [3.05, 3.63) is 22.2 Å². The van der Waals surface area contributed by atoms with Crippen molar-refractivity contribution in [2.75, 3.05) is 19.7 Å². The second-order valence-corrected chi connectivity index (χ2v) is 8.36. The standard InChI is InChI=1S/C18H30Br2N4O2/c19-14-11-13(12-15(20)18(14)26-10-4-8-21)6-7-17(25)24-9-3-1-2-5-16(22)23/h11-12,14,18H,1-10,21H2,(H3,22,23)(H,24,25)/p+1. The molecule has 2 unspecified atom stereocenters. The van der Waals surface area contributed by atoms with Crippen LogP contribution in [0.5, 0.6) is 0 Å². The minimum Gasteiger partial charge on any atom is -0.371 e. The molecular weight excluding hydrogens is 464 g/mol. The van der Waals surface area contributed by atoms with Crippen molar-refractivity contribution < 1.29 is 14.9 Å². The number of carbonyl (C=O) groups excluding carboxylic acids is 1. The number of carbonyl (C=O) groups is 1. The molecule has 7 N–H and O–H groups in total. The molecule has 0 fully saturated rings. The Labute approximate surface area is 172 Å². The van der Waals surface area contributed by atoms with Gasteiger partial charge in [-0.1, -0.05) is 44.4 Å². The smallest absolute Gasteiger partial charge is 0.238 e. The van der Waals surface area contributed by atoms with Gasteiger partial charge in [0.15, 0.2) is 0 Å². The van der Waals surface area contributed by atoms with Crippen LogP contribution in [-0.4, -0.2) is 42.4 Å². The maximum Gasteiger partial charge on any atom is 0.238 e. The molecule has 148 valence electrons. The second-order valence-electron chi connectivity index (χ2n) is 6.38. The molecule has 0 saturated heterocycles. The highest BCUT2D eigenvalue weighted by Gasteiger charge is 2.25. The molecule has 26 heavy (non-hydrogen) atoms. The van der Waals surface area contributed by atoms with Crippen molar-refractivity contribution in [3.63, 3.8) is 0 Å². The Morgan fingerprint density at radius 1 is 1.27 bits per heavy atom. The number of amides is 1. The van der Waals surface area contributed by atoms with Crippen LogP contribution in [0.25, 0.3) is 0 Å². The van der Waals surface area contributed by atoms with Crippen LogP contribution in [0.3, 0.4) is 0 Å². The highest BCUT2D eigenvalue weighted by atomic mass is 79.9. The molecule has 0 bridgehead atoms. The third-order valence-electron chi connectivity index (χ3n) is 4.01. The minimum absolute atomic E-state index is 0.0427. The summed E-state index contributed by atoms with van der Waals surface area (Å²) in [5, 5.41) is 8.38. The van der Waals surface area contributed by atoms with Crippen LogP contribution >= 0.6 is 31.9 Å². The number of nitrogens with two attached hydrogens (primary N) is 3. The van der Waals surface area contributed by atoms with E-state index < -0.39 is 0 Å². The summed E-state index contributed by atoms with van der Waals surface area (Å²) >= 11 is 7.23. The molecule has 1 amide bonds. The van der Waals surface area contributed by atoms with E-state index in [1.807, 2.05) is 6.08 Å². The first kappa shape index (κ1) is 23.3. The van der Waals surface area contributed by atoms with Gasteiger partial charge in [0.2, 0.25) is 11.7 Å². The largest absolute Gasteiger partial charge is 0.371 e. The quantitative estimate of drug-likeness (QED) is 0.133. The van der Waals surface area contributed by atoms with Crippen LogP contribution in [0.15, 0.2) is 22.2 Å². The third-order valence-corrected chi connectivity index (χ3v) is 5.43. The van der Waals surface area contributed by atoms with Crippen LogP contribution < -0.4 is 22.2 Å². The molecule has 0 aromatic carbocycles. The fourth-order valence-corrected chi connectivity index (χ4v) is 4.42. The van der Waals surface area contributed by atoms with Crippen LogP contribution in [0.2, 0.25) is 0 Å². The van der Waals surface area contributed by atoms with E-state index in [-0.39, 0.29) is 16.8 Å². The van der Waals surface area contributed by atoms with Crippen molar-refractivity contribution in [1.82, 2.24) is 5.32 Å². The number of halogens is 2. The lowest BCUT2D eigenvalue weighted by molar-refractivity contribution is -0.121. The highest BCUT2D eigenvalue weighted by Crippen LogP contribution is 2.31. The Balaban J connectivity index is 2.24. The molecule has 1 aliphatic rings. The number of hydrogen-bond acceptors (Lipinski definition) is 3. The minimum atomic E-state index is -0.0427. The Morgan fingerprint density at radius 3 is 2.69 bits per heavy atom. The zero-order valence-corrected chi connectivity index (χ0v) is 18.4. The molecule has 0 spiro atoms. The SMILES string of the molecule is NCCCOC1C(Br)=CC(CCC(=O)NCCCCCC(N)=[NH2+])=CC1Br. The summed E-state index contributed by atoms with van der Waals surface area (Å²) in [7, 11) is 0. The van der Waals surface area contributed by atoms with E-state index in [0.717, 1.165) is 42.2 Å². The molecule has 0 aliphatic heterocycles. The van der Waals surface area contributed by atoms with Crippen molar-refractivity contribution in [1.29, 1.82) is 0 Å². The Morgan fingerprint density at radius 2 is 2.04 bits per heavy atom. The van der Waals surface area contributed by atoms with Gasteiger partial charge in [0.1, 0.15) is 6.10 Å². The first-order chi connectivity index (χ1) is 12.4. The van der Waals surface area contributed by atoms with E-state index in [1.54, 1.807) is 0 Å². The van der Waals surface area contributed by atoms with Crippen molar-refractivity contribution in [3.8, 4) is 0 Å². The van der Waals surface area contributed by atoms with Gasteiger partial charge in [0, 0.05) is 30.5 Å². The van der Waals surface area contributed by atoms with E-state index in [0.29, 0.717) is 38.4 Å². The molecule has 1 rings (SSSR count). The predicted molar refractivity (Wildman–Crippen MR) is 113 cm³/mol. The monoisotopic (exact) mass is 493 g/mol. The van der Waals surface area contributed by atoms with Crippen molar-refractivity contribution >= 4 is 43.6 Å². The number of rotatable bonds is 13. The summed E-state index contributed by atoms with van der Waals surface area (Å²) in [6.07, 6.45) is 9.80. The fourth-order valence-electron chi connectivity index (χ4n) is 2.58. The van der Waals surface area contributed by atoms with Gasteiger partial charge < -0.3 is 15.8 Å². The van der Waals surface area contributed by atoms with E-state index in [1.165, 1.54) is 0 Å². The second kappa shape index (κ2) is 13.5. The first-order valence-electron chi connectivity index (χ1n) is 9.11. The van der Waals surface area contributed by atoms with Gasteiger partial charge in [-0.15, -0.1) is 0 Å². The summed E-state index contributed by atoms with van der Waals surface area (Å²) in [6, 6.07) is 0. The number of ether oxygens (including phenoxy) is 1. The zero-order chi connectivity index (χ0) is 19.4. The Hall–Kier alpha value is -0.700. The molecule has 0 saturated carbocycles. The normalized spacial score (nSPS) is 19.7. The van der Waals surface area contributed by atoms with E-state index in [4.69, 9.17) is 21.6 Å². The highest BCUT2D eigenvalue weighted by molar-refractivity contribution is 9.12. The lowest BCUT2D eigenvalue weighted by atomic mass is 10.0. The molecule has 0 aromatic heterocycles. The summed E-state index contributed by atoms with van der Waals surface area (Å²) in [5.74, 6) is 0.555. The number of unbranched alkanes of at least 4 members (excludes halogenated alkanes) is 2. The molecular formula is C18H31Br2N4O2+. The van der Waals surface area contributed by atoms with Crippen molar-refractivity contribution in [2.45, 2.75) is 55.9 Å². The summed E-state index contributed by atoms with van der Waals surface area (Å²) in [4.78, 5) is 12.1. The van der Waals surface area contributed by atoms with Gasteiger partial charge in [-0.05, 0) is 43.9 Å². The van der Waals surface area contributed by atoms with Crippen molar-refractivity contribution in [2.24, 2.45) is 11.5 Å². The molecule has 0 heterocycles. The van der Waals surface area contributed by atoms with Gasteiger partial charge >= 0.3 is 0 Å². The van der Waals surface area contributed by atoms with E-state index in [2.05, 4.69) is 43.3 Å². The topological polar surface area (TPSA) is 116 Å². The molecule has 1 aliphatic carbocycles. The zero-order valence-electron chi connectivity index (χ0n) is 15.2. The third kappa shape index (κ3) is 9.85. The molecule has 0 radical (unpaired) electrons. The maximum absolute atomic E-state index is 12.0. The maximum atomic E-state index is 12.0.